The highest BCUT2D eigenvalue weighted by Crippen LogP contribution is 2.26. The maximum absolute atomic E-state index is 13.0. The van der Waals surface area contributed by atoms with Gasteiger partial charge in [-0.1, -0.05) is 18.2 Å². The quantitative estimate of drug-likeness (QED) is 0.613. The fourth-order valence-corrected chi connectivity index (χ4v) is 3.01. The van der Waals surface area contributed by atoms with Gasteiger partial charge < -0.3 is 19.4 Å². The first-order valence-electron chi connectivity index (χ1n) is 9.02. The van der Waals surface area contributed by atoms with Gasteiger partial charge in [0, 0.05) is 11.1 Å². The average molecular weight is 385 g/mol. The van der Waals surface area contributed by atoms with Gasteiger partial charge in [0.05, 0.1) is 19.2 Å². The Labute approximate surface area is 161 Å². The van der Waals surface area contributed by atoms with E-state index < -0.39 is 5.97 Å². The lowest BCUT2D eigenvalue weighted by molar-refractivity contribution is -0.885. The summed E-state index contributed by atoms with van der Waals surface area (Å²) in [7, 11) is 1.85. The molecular formula is C21H22FN2O4+. The van der Waals surface area contributed by atoms with E-state index in [1.807, 2.05) is 25.2 Å². The minimum atomic E-state index is -0.516. The number of ether oxygens (including phenoxy) is 1. The van der Waals surface area contributed by atoms with Gasteiger partial charge in [0.1, 0.15) is 17.9 Å². The van der Waals surface area contributed by atoms with Crippen molar-refractivity contribution in [3.8, 4) is 0 Å². The second kappa shape index (κ2) is 8.67. The number of likely N-dealkylation sites (N-methyl/N-ethyl adjacent to an activating group) is 1. The number of fused-ring (bicyclic) bond motifs is 1. The predicted molar refractivity (Wildman–Crippen MR) is 103 cm³/mol. The molecule has 0 radical (unpaired) electrons. The SMILES string of the molecule is CCOC(=O)c1oc2ccccc2c1C[NH+](C)CC(=O)Nc1ccc(F)cc1. The summed E-state index contributed by atoms with van der Waals surface area (Å²) in [5.41, 5.74) is 1.84. The molecule has 2 N–H and O–H groups in total. The third kappa shape index (κ3) is 4.55. The monoisotopic (exact) mass is 385 g/mol. The number of hydrogen-bond acceptors (Lipinski definition) is 4. The van der Waals surface area contributed by atoms with Crippen LogP contribution in [-0.4, -0.2) is 32.1 Å². The van der Waals surface area contributed by atoms with E-state index in [9.17, 15) is 14.0 Å². The van der Waals surface area contributed by atoms with Crippen LogP contribution in [0.5, 0.6) is 0 Å². The highest BCUT2D eigenvalue weighted by Gasteiger charge is 2.24. The molecule has 1 aromatic heterocycles. The largest absolute Gasteiger partial charge is 0.460 e. The molecule has 1 unspecified atom stereocenters. The summed E-state index contributed by atoms with van der Waals surface area (Å²) in [6, 6.07) is 13.0. The number of furan rings is 1. The first-order chi connectivity index (χ1) is 13.5. The van der Waals surface area contributed by atoms with Crippen molar-refractivity contribution < 1.29 is 28.0 Å². The first-order valence-corrected chi connectivity index (χ1v) is 9.02. The van der Waals surface area contributed by atoms with E-state index in [4.69, 9.17) is 9.15 Å². The van der Waals surface area contributed by atoms with Gasteiger partial charge >= 0.3 is 5.97 Å². The first kappa shape index (κ1) is 19.6. The molecule has 3 rings (SSSR count). The van der Waals surface area contributed by atoms with Crippen LogP contribution in [0.4, 0.5) is 10.1 Å². The topological polar surface area (TPSA) is 73.0 Å². The number of carbonyl (C=O) groups is 2. The van der Waals surface area contributed by atoms with Crippen LogP contribution in [0.2, 0.25) is 0 Å². The summed E-state index contributed by atoms with van der Waals surface area (Å²) >= 11 is 0. The standard InChI is InChI=1S/C21H21FN2O4/c1-3-27-21(26)20-17(16-6-4-5-7-18(16)28-20)12-24(2)13-19(25)23-15-10-8-14(22)9-11-15/h4-11H,3,12-13H2,1-2H3,(H,23,25)/p+1. The van der Waals surface area contributed by atoms with Crippen molar-refractivity contribution in [1.29, 1.82) is 0 Å². The second-order valence-electron chi connectivity index (χ2n) is 6.49. The van der Waals surface area contributed by atoms with Crippen molar-refractivity contribution in [3.63, 3.8) is 0 Å². The van der Waals surface area contributed by atoms with E-state index in [1.165, 1.54) is 24.3 Å². The maximum atomic E-state index is 13.0. The third-order valence-electron chi connectivity index (χ3n) is 4.23. The van der Waals surface area contributed by atoms with Crippen LogP contribution in [0, 0.1) is 5.82 Å². The molecule has 6 nitrogen and oxygen atoms in total. The molecule has 0 saturated carbocycles. The van der Waals surface area contributed by atoms with Crippen molar-refractivity contribution in [2.75, 3.05) is 25.5 Å². The van der Waals surface area contributed by atoms with Gasteiger partial charge in [-0.15, -0.1) is 0 Å². The Balaban J connectivity index is 1.73. The van der Waals surface area contributed by atoms with E-state index in [0.29, 0.717) is 23.4 Å². The van der Waals surface area contributed by atoms with Crippen LogP contribution in [0.3, 0.4) is 0 Å². The number of halogens is 1. The lowest BCUT2D eigenvalue weighted by atomic mass is 10.1. The van der Waals surface area contributed by atoms with Crippen LogP contribution in [0.25, 0.3) is 11.0 Å². The summed E-state index contributed by atoms with van der Waals surface area (Å²) in [5, 5.41) is 3.56. The normalized spacial score (nSPS) is 12.0. The fourth-order valence-electron chi connectivity index (χ4n) is 3.01. The molecule has 7 heteroatoms. The van der Waals surface area contributed by atoms with E-state index in [-0.39, 0.29) is 30.6 Å². The van der Waals surface area contributed by atoms with Crippen LogP contribution in [0.15, 0.2) is 52.9 Å². The minimum absolute atomic E-state index is 0.166. The summed E-state index contributed by atoms with van der Waals surface area (Å²) in [4.78, 5) is 25.4. The summed E-state index contributed by atoms with van der Waals surface area (Å²) < 4.78 is 23.8. The predicted octanol–water partition coefficient (Wildman–Crippen LogP) is 2.40. The number of esters is 1. The zero-order chi connectivity index (χ0) is 20.1. The molecule has 0 fully saturated rings. The molecule has 3 aromatic rings. The highest BCUT2D eigenvalue weighted by molar-refractivity contribution is 5.96. The molecular weight excluding hydrogens is 363 g/mol. The number of nitrogens with one attached hydrogen (secondary N) is 2. The molecule has 0 bridgehead atoms. The molecule has 0 aliphatic rings. The van der Waals surface area contributed by atoms with Gasteiger partial charge in [-0.25, -0.2) is 9.18 Å². The Kier molecular flexibility index (Phi) is 6.06. The van der Waals surface area contributed by atoms with E-state index >= 15 is 0 Å². The number of para-hydroxylation sites is 1. The average Bonchev–Trinajstić information content (AvgIpc) is 3.02. The Morgan fingerprint density at radius 1 is 1.14 bits per heavy atom. The molecule has 2 aromatic carbocycles. The Morgan fingerprint density at radius 3 is 2.57 bits per heavy atom. The maximum Gasteiger partial charge on any atom is 0.374 e. The molecule has 1 atom stereocenters. The number of rotatable bonds is 7. The molecule has 1 heterocycles. The number of hydrogen-bond donors (Lipinski definition) is 2. The third-order valence-corrected chi connectivity index (χ3v) is 4.23. The smallest absolute Gasteiger partial charge is 0.374 e. The van der Waals surface area contributed by atoms with Gasteiger partial charge in [-0.05, 0) is 37.3 Å². The summed E-state index contributed by atoms with van der Waals surface area (Å²) in [6.45, 7) is 2.55. The second-order valence-corrected chi connectivity index (χ2v) is 6.49. The van der Waals surface area contributed by atoms with Crippen LogP contribution >= 0.6 is 0 Å². The van der Waals surface area contributed by atoms with Crippen molar-refractivity contribution in [2.45, 2.75) is 13.5 Å². The number of amides is 1. The van der Waals surface area contributed by atoms with E-state index in [1.54, 1.807) is 13.0 Å². The molecule has 146 valence electrons. The Morgan fingerprint density at radius 2 is 1.86 bits per heavy atom. The van der Waals surface area contributed by atoms with Crippen molar-refractivity contribution in [2.24, 2.45) is 0 Å². The van der Waals surface area contributed by atoms with Gasteiger partial charge in [-0.2, -0.15) is 0 Å². The molecule has 28 heavy (non-hydrogen) atoms. The number of benzene rings is 2. The van der Waals surface area contributed by atoms with E-state index in [0.717, 1.165) is 10.3 Å². The number of quaternary nitrogens is 1. The number of anilines is 1. The molecule has 0 saturated heterocycles. The van der Waals surface area contributed by atoms with Crippen molar-refractivity contribution in [3.05, 3.63) is 65.7 Å². The van der Waals surface area contributed by atoms with Crippen LogP contribution < -0.4 is 10.2 Å². The van der Waals surface area contributed by atoms with Crippen molar-refractivity contribution >= 4 is 28.5 Å². The fraction of sp³-hybridized carbons (Fsp3) is 0.238. The van der Waals surface area contributed by atoms with Gasteiger partial charge in [0.25, 0.3) is 5.91 Å². The van der Waals surface area contributed by atoms with Gasteiger partial charge in [0.2, 0.25) is 5.76 Å². The van der Waals surface area contributed by atoms with Gasteiger partial charge in [-0.3, -0.25) is 4.79 Å². The molecule has 0 aliphatic heterocycles. The zero-order valence-electron chi connectivity index (χ0n) is 15.8. The zero-order valence-corrected chi connectivity index (χ0v) is 15.8. The summed E-state index contributed by atoms with van der Waals surface area (Å²) in [6.07, 6.45) is 0. The Hall–Kier alpha value is -3.19. The highest BCUT2D eigenvalue weighted by atomic mass is 19.1. The molecule has 0 spiro atoms. The Bertz CT molecular complexity index is 982. The molecule has 1 amide bonds. The van der Waals surface area contributed by atoms with E-state index in [2.05, 4.69) is 5.32 Å². The lowest BCUT2D eigenvalue weighted by Gasteiger charge is -2.14. The lowest BCUT2D eigenvalue weighted by Crippen LogP contribution is -3.08. The van der Waals surface area contributed by atoms with Crippen LogP contribution in [0.1, 0.15) is 23.0 Å². The number of carbonyl (C=O) groups excluding carboxylic acids is 2. The minimum Gasteiger partial charge on any atom is -0.460 e. The molecule has 0 aliphatic carbocycles. The van der Waals surface area contributed by atoms with Gasteiger partial charge in [0.15, 0.2) is 6.54 Å². The van der Waals surface area contributed by atoms with Crippen molar-refractivity contribution in [1.82, 2.24) is 0 Å². The van der Waals surface area contributed by atoms with Crippen LogP contribution in [-0.2, 0) is 16.1 Å². The summed E-state index contributed by atoms with van der Waals surface area (Å²) in [5.74, 6) is -0.924.